The average Bonchev–Trinajstić information content (AvgIpc) is 2.33. The minimum atomic E-state index is -0.123. The van der Waals surface area contributed by atoms with Gasteiger partial charge >= 0.3 is 0 Å². The van der Waals surface area contributed by atoms with Crippen LogP contribution in [0.5, 0.6) is 0 Å². The van der Waals surface area contributed by atoms with Gasteiger partial charge in [-0.15, -0.1) is 0 Å². The van der Waals surface area contributed by atoms with Gasteiger partial charge < -0.3 is 5.32 Å². The molecule has 0 saturated heterocycles. The highest BCUT2D eigenvalue weighted by molar-refractivity contribution is 9.10. The van der Waals surface area contributed by atoms with E-state index in [0.29, 0.717) is 5.92 Å². The number of nitrogens with one attached hydrogen (secondary N) is 1. The summed E-state index contributed by atoms with van der Waals surface area (Å²) in [5, 5.41) is 3.44. The molecule has 0 heterocycles. The van der Waals surface area contributed by atoms with Gasteiger partial charge in [-0.2, -0.15) is 0 Å². The van der Waals surface area contributed by atoms with Crippen molar-refractivity contribution in [2.75, 3.05) is 6.54 Å². The van der Waals surface area contributed by atoms with Crippen LogP contribution in [0.15, 0.2) is 22.7 Å². The third kappa shape index (κ3) is 4.07. The summed E-state index contributed by atoms with van der Waals surface area (Å²) in [5.41, 5.74) is 0.766. The third-order valence-electron chi connectivity index (χ3n) is 3.12. The number of hydrogen-bond acceptors (Lipinski definition) is 1. The topological polar surface area (TPSA) is 12.0 Å². The molecule has 2 unspecified atom stereocenters. The molecule has 3 heteroatoms. The molecule has 0 aromatic heterocycles. The lowest BCUT2D eigenvalue weighted by Crippen LogP contribution is -2.28. The molecule has 0 bridgehead atoms. The van der Waals surface area contributed by atoms with E-state index in [9.17, 15) is 4.39 Å². The fraction of sp³-hybridized carbons (Fsp3) is 0.571. The smallest absolute Gasteiger partial charge is 0.128 e. The minimum absolute atomic E-state index is 0.0949. The van der Waals surface area contributed by atoms with Crippen LogP contribution in [0.25, 0.3) is 0 Å². The van der Waals surface area contributed by atoms with Gasteiger partial charge in [0, 0.05) is 16.1 Å². The summed E-state index contributed by atoms with van der Waals surface area (Å²) in [6.07, 6.45) is 2.09. The average molecular weight is 302 g/mol. The van der Waals surface area contributed by atoms with Gasteiger partial charge in [0.2, 0.25) is 0 Å². The molecule has 0 aliphatic carbocycles. The summed E-state index contributed by atoms with van der Waals surface area (Å²) >= 11 is 3.41. The van der Waals surface area contributed by atoms with Crippen molar-refractivity contribution in [3.63, 3.8) is 0 Å². The predicted molar refractivity (Wildman–Crippen MR) is 74.6 cm³/mol. The molecule has 2 atom stereocenters. The molecule has 0 fully saturated rings. The van der Waals surface area contributed by atoms with Gasteiger partial charge in [-0.1, -0.05) is 43.1 Å². The van der Waals surface area contributed by atoms with Gasteiger partial charge in [0.1, 0.15) is 5.82 Å². The first-order valence-corrected chi connectivity index (χ1v) is 7.07. The highest BCUT2D eigenvalue weighted by atomic mass is 79.9. The Balaban J connectivity index is 2.98. The van der Waals surface area contributed by atoms with Crippen molar-refractivity contribution in [3.05, 3.63) is 34.1 Å². The van der Waals surface area contributed by atoms with E-state index in [1.165, 1.54) is 6.07 Å². The molecule has 0 aliphatic heterocycles. The summed E-state index contributed by atoms with van der Waals surface area (Å²) in [6.45, 7) is 7.34. The Morgan fingerprint density at radius 3 is 2.65 bits per heavy atom. The van der Waals surface area contributed by atoms with Crippen molar-refractivity contribution in [1.29, 1.82) is 0 Å². The zero-order chi connectivity index (χ0) is 12.8. The molecule has 0 spiro atoms. The van der Waals surface area contributed by atoms with Gasteiger partial charge in [0.05, 0.1) is 0 Å². The van der Waals surface area contributed by atoms with Gasteiger partial charge in [-0.3, -0.25) is 0 Å². The molecule has 1 nitrogen and oxygen atoms in total. The molecule has 1 rings (SSSR count). The van der Waals surface area contributed by atoms with E-state index < -0.39 is 0 Å². The number of rotatable bonds is 6. The molecule has 17 heavy (non-hydrogen) atoms. The summed E-state index contributed by atoms with van der Waals surface area (Å²) in [5.74, 6) is 0.299. The molecule has 0 radical (unpaired) electrons. The van der Waals surface area contributed by atoms with Crippen LogP contribution in [-0.4, -0.2) is 6.54 Å². The maximum Gasteiger partial charge on any atom is 0.128 e. The molecule has 1 aromatic rings. The molecular weight excluding hydrogens is 281 g/mol. The zero-order valence-electron chi connectivity index (χ0n) is 10.8. The Hall–Kier alpha value is -0.410. The minimum Gasteiger partial charge on any atom is -0.310 e. The molecule has 0 saturated carbocycles. The fourth-order valence-corrected chi connectivity index (χ4v) is 2.28. The first-order chi connectivity index (χ1) is 8.10. The van der Waals surface area contributed by atoms with E-state index in [1.54, 1.807) is 6.07 Å². The van der Waals surface area contributed by atoms with Gasteiger partial charge in [-0.05, 0) is 37.1 Å². The zero-order valence-corrected chi connectivity index (χ0v) is 12.3. The van der Waals surface area contributed by atoms with Gasteiger partial charge in [0.25, 0.3) is 0 Å². The Bertz CT molecular complexity index is 354. The molecule has 1 N–H and O–H groups in total. The molecule has 0 aliphatic rings. The number of hydrogen-bond donors (Lipinski definition) is 1. The van der Waals surface area contributed by atoms with E-state index in [-0.39, 0.29) is 11.9 Å². The van der Waals surface area contributed by atoms with Crippen LogP contribution in [0.4, 0.5) is 4.39 Å². The first kappa shape index (κ1) is 14.7. The standard InChI is InChI=1S/C14H21BrFN/c1-4-8-17-14(10(3)5-2)12-9-11(15)6-7-13(12)16/h6-7,9-10,14,17H,4-5,8H2,1-3H3. The summed E-state index contributed by atoms with van der Waals surface area (Å²) in [6, 6.07) is 5.25. The van der Waals surface area contributed by atoms with Crippen LogP contribution in [0, 0.1) is 11.7 Å². The lowest BCUT2D eigenvalue weighted by Gasteiger charge is -2.25. The Morgan fingerprint density at radius 1 is 1.35 bits per heavy atom. The predicted octanol–water partition coefficient (Wildman–Crippen LogP) is 4.68. The second kappa shape index (κ2) is 7.12. The van der Waals surface area contributed by atoms with Crippen LogP contribution in [0.1, 0.15) is 45.2 Å². The second-order valence-corrected chi connectivity index (χ2v) is 5.40. The molecule has 0 amide bonds. The lowest BCUT2D eigenvalue weighted by atomic mass is 9.92. The van der Waals surface area contributed by atoms with Gasteiger partial charge in [0.15, 0.2) is 0 Å². The molecule has 1 aromatic carbocycles. The van der Waals surface area contributed by atoms with E-state index in [0.717, 1.165) is 29.4 Å². The first-order valence-electron chi connectivity index (χ1n) is 6.28. The Kier molecular flexibility index (Phi) is 6.14. The Labute approximate surface area is 112 Å². The highest BCUT2D eigenvalue weighted by Crippen LogP contribution is 2.28. The van der Waals surface area contributed by atoms with Gasteiger partial charge in [-0.25, -0.2) is 4.39 Å². The van der Waals surface area contributed by atoms with E-state index in [2.05, 4.69) is 42.0 Å². The van der Waals surface area contributed by atoms with Crippen molar-refractivity contribution in [2.45, 2.75) is 39.7 Å². The maximum atomic E-state index is 13.9. The molecular formula is C14H21BrFN. The SMILES string of the molecule is CCCNC(c1cc(Br)ccc1F)C(C)CC. The van der Waals surface area contributed by atoms with Crippen LogP contribution in [0.2, 0.25) is 0 Å². The quantitative estimate of drug-likeness (QED) is 0.805. The van der Waals surface area contributed by atoms with Crippen molar-refractivity contribution in [2.24, 2.45) is 5.92 Å². The maximum absolute atomic E-state index is 13.9. The molecule has 96 valence electrons. The lowest BCUT2D eigenvalue weighted by molar-refractivity contribution is 0.366. The van der Waals surface area contributed by atoms with Crippen molar-refractivity contribution in [1.82, 2.24) is 5.32 Å². The fourth-order valence-electron chi connectivity index (χ4n) is 1.91. The highest BCUT2D eigenvalue weighted by Gasteiger charge is 2.20. The summed E-state index contributed by atoms with van der Waals surface area (Å²) < 4.78 is 14.8. The third-order valence-corrected chi connectivity index (χ3v) is 3.61. The normalized spacial score (nSPS) is 14.6. The van der Waals surface area contributed by atoms with Crippen LogP contribution in [-0.2, 0) is 0 Å². The van der Waals surface area contributed by atoms with Crippen molar-refractivity contribution < 1.29 is 4.39 Å². The van der Waals surface area contributed by atoms with E-state index in [1.807, 2.05) is 6.07 Å². The number of benzene rings is 1. The second-order valence-electron chi connectivity index (χ2n) is 4.48. The van der Waals surface area contributed by atoms with Crippen molar-refractivity contribution >= 4 is 15.9 Å². The van der Waals surface area contributed by atoms with E-state index >= 15 is 0 Å². The number of halogens is 2. The monoisotopic (exact) mass is 301 g/mol. The summed E-state index contributed by atoms with van der Waals surface area (Å²) in [7, 11) is 0. The van der Waals surface area contributed by atoms with Crippen molar-refractivity contribution in [3.8, 4) is 0 Å². The van der Waals surface area contributed by atoms with Crippen LogP contribution < -0.4 is 5.32 Å². The largest absolute Gasteiger partial charge is 0.310 e. The van der Waals surface area contributed by atoms with Crippen LogP contribution >= 0.6 is 15.9 Å². The van der Waals surface area contributed by atoms with E-state index in [4.69, 9.17) is 0 Å². The van der Waals surface area contributed by atoms with Crippen LogP contribution in [0.3, 0.4) is 0 Å². The Morgan fingerprint density at radius 2 is 2.06 bits per heavy atom. The summed E-state index contributed by atoms with van der Waals surface area (Å²) in [4.78, 5) is 0.